The predicted molar refractivity (Wildman–Crippen MR) is 87.0 cm³/mol. The van der Waals surface area contributed by atoms with Crippen LogP contribution in [0.2, 0.25) is 0 Å². The molecule has 1 heterocycles. The summed E-state index contributed by atoms with van der Waals surface area (Å²) in [5, 5.41) is 0. The van der Waals surface area contributed by atoms with Crippen molar-refractivity contribution < 1.29 is 4.74 Å². The van der Waals surface area contributed by atoms with Crippen LogP contribution in [0.1, 0.15) is 0 Å². The fraction of sp³-hybridized carbons (Fsp3) is 0.0714. The number of nitrogens with one attached hydrogen (secondary N) is 1. The molecule has 20 heavy (non-hydrogen) atoms. The quantitative estimate of drug-likeness (QED) is 0.710. The van der Waals surface area contributed by atoms with Crippen molar-refractivity contribution in [3.05, 3.63) is 42.5 Å². The number of aromatic amines is 1. The lowest BCUT2D eigenvalue weighted by molar-refractivity contribution is 0.416. The Morgan fingerprint density at radius 1 is 1.10 bits per heavy atom. The van der Waals surface area contributed by atoms with Gasteiger partial charge in [-0.2, -0.15) is 0 Å². The second-order valence-corrected chi connectivity index (χ2v) is 4.06. The van der Waals surface area contributed by atoms with E-state index in [0.29, 0.717) is 0 Å². The molecule has 106 valence electrons. The third-order valence-corrected chi connectivity index (χ3v) is 2.87. The van der Waals surface area contributed by atoms with E-state index in [1.807, 2.05) is 42.5 Å². The predicted octanol–water partition coefficient (Wildman–Crippen LogP) is 3.66. The maximum atomic E-state index is 5.76. The van der Waals surface area contributed by atoms with Gasteiger partial charge < -0.3 is 15.5 Å². The van der Waals surface area contributed by atoms with E-state index in [1.165, 1.54) is 0 Å². The highest BCUT2D eigenvalue weighted by atomic mass is 35.5. The number of hydrogen-bond acceptors (Lipinski definition) is 3. The lowest BCUT2D eigenvalue weighted by atomic mass is 10.2. The minimum absolute atomic E-state index is 0. The van der Waals surface area contributed by atoms with Gasteiger partial charge in [0.05, 0.1) is 23.7 Å². The Bertz CT molecular complexity index is 712. The number of H-pyrrole nitrogens is 1. The number of aromatic nitrogens is 2. The zero-order valence-electron chi connectivity index (χ0n) is 10.8. The Morgan fingerprint density at radius 2 is 1.85 bits per heavy atom. The number of hydrogen-bond donors (Lipinski definition) is 2. The number of anilines is 1. The van der Waals surface area contributed by atoms with Crippen LogP contribution < -0.4 is 10.5 Å². The molecule has 0 bridgehead atoms. The third kappa shape index (κ3) is 2.81. The van der Waals surface area contributed by atoms with E-state index < -0.39 is 0 Å². The molecule has 0 aliphatic carbocycles. The molecule has 0 amide bonds. The molecule has 0 saturated carbocycles. The Balaban J connectivity index is 0.000001000. The van der Waals surface area contributed by atoms with E-state index in [-0.39, 0.29) is 24.8 Å². The highest BCUT2D eigenvalue weighted by molar-refractivity contribution is 5.85. The molecule has 0 spiro atoms. The number of fused-ring (bicyclic) bond motifs is 1. The molecule has 3 N–H and O–H groups in total. The van der Waals surface area contributed by atoms with E-state index in [2.05, 4.69) is 9.97 Å². The third-order valence-electron chi connectivity index (χ3n) is 2.87. The SMILES string of the molecule is COc1ccccc1-c1nc2ccc(N)cc2[nH]1.Cl.Cl. The molecule has 6 heteroatoms. The summed E-state index contributed by atoms with van der Waals surface area (Å²) in [5.74, 6) is 1.58. The first-order valence-electron chi connectivity index (χ1n) is 5.66. The summed E-state index contributed by atoms with van der Waals surface area (Å²) in [6.45, 7) is 0. The molecule has 2 aromatic carbocycles. The minimum atomic E-state index is 0. The van der Waals surface area contributed by atoms with Crippen LogP contribution in [-0.4, -0.2) is 17.1 Å². The molecule has 0 aliphatic heterocycles. The summed E-state index contributed by atoms with van der Waals surface area (Å²) in [6.07, 6.45) is 0. The van der Waals surface area contributed by atoms with Crippen molar-refractivity contribution in [2.75, 3.05) is 12.8 Å². The molecule has 4 nitrogen and oxygen atoms in total. The van der Waals surface area contributed by atoms with Crippen LogP contribution in [0.4, 0.5) is 5.69 Å². The van der Waals surface area contributed by atoms with Gasteiger partial charge in [0, 0.05) is 5.69 Å². The fourth-order valence-corrected chi connectivity index (χ4v) is 2.00. The van der Waals surface area contributed by atoms with Crippen LogP contribution in [0.3, 0.4) is 0 Å². The highest BCUT2D eigenvalue weighted by Gasteiger charge is 2.09. The number of nitrogens with two attached hydrogens (primary N) is 1. The number of nitrogen functional groups attached to an aromatic ring is 1. The van der Waals surface area contributed by atoms with Crippen LogP contribution in [0.15, 0.2) is 42.5 Å². The largest absolute Gasteiger partial charge is 0.496 e. The van der Waals surface area contributed by atoms with Gasteiger partial charge in [0.15, 0.2) is 0 Å². The number of para-hydroxylation sites is 1. The Hall–Kier alpha value is -1.91. The van der Waals surface area contributed by atoms with Crippen molar-refractivity contribution in [1.29, 1.82) is 0 Å². The van der Waals surface area contributed by atoms with Crippen LogP contribution in [0.5, 0.6) is 5.75 Å². The molecular formula is C14H15Cl2N3O. The average Bonchev–Trinajstić information content (AvgIpc) is 2.81. The molecule has 3 aromatic rings. The summed E-state index contributed by atoms with van der Waals surface area (Å²) in [7, 11) is 1.65. The molecule has 0 unspecified atom stereocenters. The van der Waals surface area contributed by atoms with Gasteiger partial charge in [-0.3, -0.25) is 0 Å². The first kappa shape index (κ1) is 16.1. The lowest BCUT2D eigenvalue weighted by Crippen LogP contribution is -1.88. The van der Waals surface area contributed by atoms with E-state index in [9.17, 15) is 0 Å². The van der Waals surface area contributed by atoms with Crippen molar-refractivity contribution in [2.45, 2.75) is 0 Å². The standard InChI is InChI=1S/C14H13N3O.2ClH/c1-18-13-5-3-2-4-10(13)14-16-11-7-6-9(15)8-12(11)17-14;;/h2-8H,15H2,1H3,(H,16,17);2*1H. The van der Waals surface area contributed by atoms with E-state index in [4.69, 9.17) is 10.5 Å². The van der Waals surface area contributed by atoms with Gasteiger partial charge in [-0.05, 0) is 30.3 Å². The van der Waals surface area contributed by atoms with E-state index >= 15 is 0 Å². The molecular weight excluding hydrogens is 297 g/mol. The summed E-state index contributed by atoms with van der Waals surface area (Å²) in [6, 6.07) is 13.4. The van der Waals surface area contributed by atoms with Crippen LogP contribution >= 0.6 is 24.8 Å². The van der Waals surface area contributed by atoms with Crippen molar-refractivity contribution in [1.82, 2.24) is 9.97 Å². The number of ether oxygens (including phenoxy) is 1. The van der Waals surface area contributed by atoms with Crippen LogP contribution in [-0.2, 0) is 0 Å². The molecule has 0 saturated heterocycles. The number of rotatable bonds is 2. The topological polar surface area (TPSA) is 63.9 Å². The van der Waals surface area contributed by atoms with Gasteiger partial charge in [0.1, 0.15) is 11.6 Å². The Morgan fingerprint density at radius 3 is 2.60 bits per heavy atom. The molecule has 0 atom stereocenters. The van der Waals surface area contributed by atoms with E-state index in [0.717, 1.165) is 33.9 Å². The summed E-state index contributed by atoms with van der Waals surface area (Å²) in [4.78, 5) is 7.80. The monoisotopic (exact) mass is 311 g/mol. The van der Waals surface area contributed by atoms with Crippen molar-refractivity contribution in [3.63, 3.8) is 0 Å². The summed E-state index contributed by atoms with van der Waals surface area (Å²) >= 11 is 0. The Kier molecular flexibility index (Phi) is 5.25. The van der Waals surface area contributed by atoms with E-state index in [1.54, 1.807) is 7.11 Å². The van der Waals surface area contributed by atoms with Crippen LogP contribution in [0.25, 0.3) is 22.4 Å². The summed E-state index contributed by atoms with van der Waals surface area (Å²) in [5.41, 5.74) is 9.24. The maximum absolute atomic E-state index is 5.76. The molecule has 1 aromatic heterocycles. The normalized spacial score (nSPS) is 9.65. The molecule has 0 radical (unpaired) electrons. The van der Waals surface area contributed by atoms with Gasteiger partial charge in [0.25, 0.3) is 0 Å². The van der Waals surface area contributed by atoms with Gasteiger partial charge >= 0.3 is 0 Å². The number of halogens is 2. The number of nitrogens with zero attached hydrogens (tertiary/aromatic N) is 1. The zero-order valence-corrected chi connectivity index (χ0v) is 12.4. The van der Waals surface area contributed by atoms with Crippen molar-refractivity contribution in [3.8, 4) is 17.1 Å². The second kappa shape index (κ2) is 6.50. The van der Waals surface area contributed by atoms with Gasteiger partial charge in [-0.1, -0.05) is 12.1 Å². The molecule has 3 rings (SSSR count). The zero-order chi connectivity index (χ0) is 12.5. The van der Waals surface area contributed by atoms with Crippen molar-refractivity contribution >= 4 is 41.5 Å². The minimum Gasteiger partial charge on any atom is -0.496 e. The van der Waals surface area contributed by atoms with Gasteiger partial charge in [-0.25, -0.2) is 4.98 Å². The summed E-state index contributed by atoms with van der Waals surface area (Å²) < 4.78 is 5.33. The first-order chi connectivity index (χ1) is 8.78. The van der Waals surface area contributed by atoms with Crippen LogP contribution in [0, 0.1) is 0 Å². The fourth-order valence-electron chi connectivity index (χ4n) is 2.00. The lowest BCUT2D eigenvalue weighted by Gasteiger charge is -2.04. The van der Waals surface area contributed by atoms with Gasteiger partial charge in [-0.15, -0.1) is 24.8 Å². The molecule has 0 aliphatic rings. The van der Waals surface area contributed by atoms with Crippen molar-refractivity contribution in [2.24, 2.45) is 0 Å². The number of methoxy groups -OCH3 is 1. The molecule has 0 fully saturated rings. The van der Waals surface area contributed by atoms with Gasteiger partial charge in [0.2, 0.25) is 0 Å². The second-order valence-electron chi connectivity index (χ2n) is 4.06. The highest BCUT2D eigenvalue weighted by Crippen LogP contribution is 2.29. The number of imidazole rings is 1. The smallest absolute Gasteiger partial charge is 0.142 e. The number of benzene rings is 2. The first-order valence-corrected chi connectivity index (χ1v) is 5.66. The maximum Gasteiger partial charge on any atom is 0.142 e. The average molecular weight is 312 g/mol. The Labute approximate surface area is 129 Å².